The minimum Gasteiger partial charge on any atom is -0.423 e. The van der Waals surface area contributed by atoms with Crippen LogP contribution in [0.1, 0.15) is 62.0 Å². The minimum absolute atomic E-state index is 0.00260. The summed E-state index contributed by atoms with van der Waals surface area (Å²) in [5.74, 6) is -0.513. The monoisotopic (exact) mass is 474 g/mol. The number of nitrogens with one attached hydrogen (secondary N) is 1. The Hall–Kier alpha value is -3.52. The van der Waals surface area contributed by atoms with Gasteiger partial charge in [0.05, 0.1) is 11.1 Å². The molecule has 0 fully saturated rings. The van der Waals surface area contributed by atoms with Crippen molar-refractivity contribution in [2.24, 2.45) is 10.1 Å². The fourth-order valence-corrected chi connectivity index (χ4v) is 4.40. The van der Waals surface area contributed by atoms with E-state index in [0.717, 1.165) is 23.4 Å². The Labute approximate surface area is 203 Å². The van der Waals surface area contributed by atoms with Gasteiger partial charge in [-0.2, -0.15) is 15.1 Å². The summed E-state index contributed by atoms with van der Waals surface area (Å²) in [7, 11) is 0. The molecule has 0 saturated carbocycles. The molecule has 0 bridgehead atoms. The molecule has 2 aromatic rings. The zero-order chi connectivity index (χ0) is 24.5. The molecule has 7 nitrogen and oxygen atoms in total. The van der Waals surface area contributed by atoms with Crippen molar-refractivity contribution in [3.8, 4) is 5.75 Å². The number of fused-ring (bicyclic) bond motifs is 1. The van der Waals surface area contributed by atoms with Gasteiger partial charge in [-0.15, -0.1) is 0 Å². The molecule has 0 unspecified atom stereocenters. The number of ether oxygens (including phenoxy) is 1. The molecule has 1 amide bonds. The highest BCUT2D eigenvalue weighted by Gasteiger charge is 2.35. The Bertz CT molecular complexity index is 1240. The van der Waals surface area contributed by atoms with Crippen molar-refractivity contribution in [3.63, 3.8) is 0 Å². The first kappa shape index (κ1) is 23.6. The summed E-state index contributed by atoms with van der Waals surface area (Å²) in [6.45, 7) is 8.40. The largest absolute Gasteiger partial charge is 0.423 e. The van der Waals surface area contributed by atoms with Gasteiger partial charge in [0, 0.05) is 0 Å². The molecule has 0 radical (unpaired) electrons. The molecule has 34 heavy (non-hydrogen) atoms. The van der Waals surface area contributed by atoms with Crippen LogP contribution in [0.25, 0.3) is 6.08 Å². The Morgan fingerprint density at radius 3 is 2.41 bits per heavy atom. The number of hydrazone groups is 1. The highest BCUT2D eigenvalue weighted by Crippen LogP contribution is 2.30. The predicted molar refractivity (Wildman–Crippen MR) is 136 cm³/mol. The number of carbonyl (C=O) groups is 2. The Morgan fingerprint density at radius 2 is 1.79 bits per heavy atom. The van der Waals surface area contributed by atoms with Gasteiger partial charge in [-0.25, -0.2) is 4.79 Å². The highest BCUT2D eigenvalue weighted by atomic mass is 32.2. The second-order valence-electron chi connectivity index (χ2n) is 9.05. The van der Waals surface area contributed by atoms with Crippen LogP contribution in [-0.2, 0) is 10.2 Å². The third-order valence-electron chi connectivity index (χ3n) is 5.35. The standard InChI is InChI=1S/C26H26N4O3S/c1-5-6-21-29-30-22(27)20(23(31)28-25(30)34-21)15-16-7-13-19(14-8-16)33-24(32)17-9-11-18(12-10-17)26(2,3)4/h7-15,27H,5-6H2,1-4H3/b20-15+,27-22?. The third-order valence-corrected chi connectivity index (χ3v) is 6.32. The van der Waals surface area contributed by atoms with E-state index in [0.29, 0.717) is 22.0 Å². The van der Waals surface area contributed by atoms with Gasteiger partial charge in [-0.1, -0.05) is 52.0 Å². The Balaban J connectivity index is 1.46. The van der Waals surface area contributed by atoms with Crippen molar-refractivity contribution in [3.05, 3.63) is 70.8 Å². The number of amidine groups is 2. The van der Waals surface area contributed by atoms with Crippen LogP contribution in [-0.4, -0.2) is 32.9 Å². The number of rotatable bonds is 5. The van der Waals surface area contributed by atoms with Crippen molar-refractivity contribution in [2.75, 3.05) is 0 Å². The SMILES string of the molecule is CCCC1=NN2C(=N)/C(=C\c3ccc(OC(=O)c4ccc(C(C)(C)C)cc4)cc3)C(=O)N=C2S1. The van der Waals surface area contributed by atoms with E-state index in [2.05, 4.69) is 30.9 Å². The lowest BCUT2D eigenvalue weighted by Crippen LogP contribution is -2.35. The molecule has 0 aliphatic carbocycles. The van der Waals surface area contributed by atoms with Crippen LogP contribution in [0, 0.1) is 5.41 Å². The van der Waals surface area contributed by atoms with Gasteiger partial charge in [0.1, 0.15) is 10.8 Å². The molecule has 2 aromatic carbocycles. The lowest BCUT2D eigenvalue weighted by Gasteiger charge is -2.20. The number of nitrogens with zero attached hydrogens (tertiary/aromatic N) is 3. The van der Waals surface area contributed by atoms with Gasteiger partial charge in [0.15, 0.2) is 5.84 Å². The predicted octanol–water partition coefficient (Wildman–Crippen LogP) is 5.62. The molecule has 2 aliphatic rings. The van der Waals surface area contributed by atoms with Crippen molar-refractivity contribution in [2.45, 2.75) is 46.0 Å². The molecule has 1 N–H and O–H groups in total. The number of benzene rings is 2. The van der Waals surface area contributed by atoms with Crippen molar-refractivity contribution < 1.29 is 14.3 Å². The molecule has 2 aliphatic heterocycles. The normalized spacial score (nSPS) is 16.9. The maximum absolute atomic E-state index is 12.5. The van der Waals surface area contributed by atoms with E-state index in [1.165, 1.54) is 16.8 Å². The van der Waals surface area contributed by atoms with E-state index in [4.69, 9.17) is 10.1 Å². The van der Waals surface area contributed by atoms with Crippen LogP contribution < -0.4 is 4.74 Å². The molecule has 0 saturated heterocycles. The first-order valence-electron chi connectivity index (χ1n) is 11.1. The van der Waals surface area contributed by atoms with Crippen LogP contribution in [0.5, 0.6) is 5.75 Å². The maximum atomic E-state index is 12.5. The van der Waals surface area contributed by atoms with E-state index in [9.17, 15) is 9.59 Å². The topological polar surface area (TPSA) is 95.2 Å². The summed E-state index contributed by atoms with van der Waals surface area (Å²) in [5, 5.41) is 15.5. The van der Waals surface area contributed by atoms with Crippen molar-refractivity contribution >= 4 is 45.8 Å². The van der Waals surface area contributed by atoms with Gasteiger partial charge in [-0.3, -0.25) is 10.2 Å². The number of thioether (sulfide) groups is 1. The average molecular weight is 475 g/mol. The van der Waals surface area contributed by atoms with Gasteiger partial charge in [-0.05, 0) is 71.5 Å². The van der Waals surface area contributed by atoms with Crippen molar-refractivity contribution in [1.29, 1.82) is 5.41 Å². The summed E-state index contributed by atoms with van der Waals surface area (Å²) in [6.07, 6.45) is 3.30. The summed E-state index contributed by atoms with van der Waals surface area (Å²) in [4.78, 5) is 29.1. The first-order valence-corrected chi connectivity index (χ1v) is 11.9. The Kier molecular flexibility index (Phi) is 6.52. The lowest BCUT2D eigenvalue weighted by molar-refractivity contribution is -0.114. The smallest absolute Gasteiger partial charge is 0.343 e. The minimum atomic E-state index is -0.467. The fraction of sp³-hybridized carbons (Fsp3) is 0.269. The number of hydrogen-bond donors (Lipinski definition) is 1. The van der Waals surface area contributed by atoms with Gasteiger partial charge >= 0.3 is 5.97 Å². The first-order chi connectivity index (χ1) is 16.2. The number of carbonyl (C=O) groups excluding carboxylic acids is 2. The molecule has 2 heterocycles. The molecule has 0 spiro atoms. The fourth-order valence-electron chi connectivity index (χ4n) is 3.42. The zero-order valence-corrected chi connectivity index (χ0v) is 20.4. The number of esters is 1. The summed E-state index contributed by atoms with van der Waals surface area (Å²) in [6, 6.07) is 14.2. The van der Waals surface area contributed by atoms with E-state index in [1.807, 2.05) is 19.1 Å². The van der Waals surface area contributed by atoms with Gasteiger partial charge in [0.2, 0.25) is 5.17 Å². The number of aliphatic imine (C=N–C) groups is 1. The number of hydrogen-bond acceptors (Lipinski definition) is 6. The van der Waals surface area contributed by atoms with E-state index < -0.39 is 11.9 Å². The second kappa shape index (κ2) is 9.38. The van der Waals surface area contributed by atoms with E-state index in [1.54, 1.807) is 42.5 Å². The molecule has 0 aromatic heterocycles. The van der Waals surface area contributed by atoms with Crippen LogP contribution in [0.3, 0.4) is 0 Å². The molecular weight excluding hydrogens is 448 g/mol. The van der Waals surface area contributed by atoms with Gasteiger partial charge in [0.25, 0.3) is 5.91 Å². The van der Waals surface area contributed by atoms with Crippen LogP contribution in [0.2, 0.25) is 0 Å². The molecule has 8 heteroatoms. The Morgan fingerprint density at radius 1 is 1.12 bits per heavy atom. The van der Waals surface area contributed by atoms with Gasteiger partial charge < -0.3 is 4.74 Å². The summed E-state index contributed by atoms with van der Waals surface area (Å²) < 4.78 is 5.49. The second-order valence-corrected chi connectivity index (χ2v) is 10.1. The van der Waals surface area contributed by atoms with Crippen LogP contribution in [0.4, 0.5) is 0 Å². The lowest BCUT2D eigenvalue weighted by atomic mass is 9.87. The maximum Gasteiger partial charge on any atom is 0.343 e. The average Bonchev–Trinajstić information content (AvgIpc) is 3.20. The highest BCUT2D eigenvalue weighted by molar-refractivity contribution is 8.26. The summed E-state index contributed by atoms with van der Waals surface area (Å²) in [5.41, 5.74) is 2.47. The third kappa shape index (κ3) is 5.02. The van der Waals surface area contributed by atoms with Crippen molar-refractivity contribution in [1.82, 2.24) is 5.01 Å². The van der Waals surface area contributed by atoms with Crippen LogP contribution in [0.15, 0.2) is 64.2 Å². The summed E-state index contributed by atoms with van der Waals surface area (Å²) >= 11 is 1.33. The zero-order valence-electron chi connectivity index (χ0n) is 19.6. The number of amides is 1. The molecular formula is C26H26N4O3S. The van der Waals surface area contributed by atoms with E-state index >= 15 is 0 Å². The quantitative estimate of drug-likeness (QED) is 0.345. The van der Waals surface area contributed by atoms with Crippen LogP contribution >= 0.6 is 11.8 Å². The van der Waals surface area contributed by atoms with E-state index in [-0.39, 0.29) is 16.8 Å². The molecule has 174 valence electrons. The molecule has 4 rings (SSSR count). The molecule has 0 atom stereocenters.